The molecule has 0 bridgehead atoms. The van der Waals surface area contributed by atoms with E-state index in [0.29, 0.717) is 19.8 Å². The van der Waals surface area contributed by atoms with Gasteiger partial charge in [0.25, 0.3) is 0 Å². The van der Waals surface area contributed by atoms with Gasteiger partial charge in [-0.3, -0.25) is 14.5 Å². The van der Waals surface area contributed by atoms with Crippen LogP contribution < -0.4 is 0 Å². The normalized spacial score (nSPS) is 35.9. The Morgan fingerprint density at radius 3 is 2.50 bits per heavy atom. The quantitative estimate of drug-likeness (QED) is 0.721. The zero-order chi connectivity index (χ0) is 10.3. The van der Waals surface area contributed by atoms with Crippen LogP contribution in [0.3, 0.4) is 0 Å². The van der Waals surface area contributed by atoms with Crippen molar-refractivity contribution < 1.29 is 19.6 Å². The van der Waals surface area contributed by atoms with Gasteiger partial charge in [-0.2, -0.15) is 0 Å². The van der Waals surface area contributed by atoms with Crippen LogP contribution in [0.1, 0.15) is 13.8 Å². The Bertz CT molecular complexity index is 247. The number of nitrogens with zero attached hydrogens (tertiary/aromatic N) is 1. The Morgan fingerprint density at radius 1 is 1.50 bits per heavy atom. The number of hydroxylamine groups is 2. The third-order valence-corrected chi connectivity index (χ3v) is 3.22. The van der Waals surface area contributed by atoms with Gasteiger partial charge in [0.1, 0.15) is 0 Å². The van der Waals surface area contributed by atoms with Crippen LogP contribution in [0.15, 0.2) is 0 Å². The van der Waals surface area contributed by atoms with Crippen molar-refractivity contribution in [1.29, 1.82) is 0 Å². The lowest BCUT2D eigenvalue weighted by Gasteiger charge is -2.11. The number of carboxylic acid groups (broad SMARTS) is 1. The molecule has 14 heavy (non-hydrogen) atoms. The topological polar surface area (TPSA) is 59.0 Å². The second-order valence-corrected chi connectivity index (χ2v) is 4.43. The predicted octanol–water partition coefficient (Wildman–Crippen LogP) is 0.522. The van der Waals surface area contributed by atoms with Gasteiger partial charge in [-0.1, -0.05) is 19.1 Å². The molecule has 1 saturated heterocycles. The van der Waals surface area contributed by atoms with Crippen molar-refractivity contribution in [2.24, 2.45) is 17.3 Å². The van der Waals surface area contributed by atoms with E-state index in [9.17, 15) is 4.79 Å². The summed E-state index contributed by atoms with van der Waals surface area (Å²) in [5.41, 5.74) is -0.138. The summed E-state index contributed by atoms with van der Waals surface area (Å²) in [6.07, 6.45) is 0. The second kappa shape index (κ2) is 3.18. The fourth-order valence-corrected chi connectivity index (χ4v) is 2.16. The summed E-state index contributed by atoms with van der Waals surface area (Å²) in [4.78, 5) is 21.1. The van der Waals surface area contributed by atoms with Crippen LogP contribution in [0.4, 0.5) is 0 Å². The lowest BCUT2D eigenvalue weighted by atomic mass is 10.1. The van der Waals surface area contributed by atoms with E-state index in [4.69, 9.17) is 14.8 Å². The molecule has 5 heteroatoms. The van der Waals surface area contributed by atoms with E-state index in [1.54, 1.807) is 0 Å². The number of rotatable bonds is 3. The second-order valence-electron chi connectivity index (χ2n) is 4.43. The minimum Gasteiger partial charge on any atom is -0.481 e. The third kappa shape index (κ3) is 1.51. The molecule has 80 valence electrons. The van der Waals surface area contributed by atoms with Gasteiger partial charge in [0, 0.05) is 0 Å². The van der Waals surface area contributed by atoms with E-state index in [1.165, 1.54) is 5.23 Å². The number of aliphatic carboxylic acids is 1. The summed E-state index contributed by atoms with van der Waals surface area (Å²) in [6, 6.07) is 0. The molecule has 0 radical (unpaired) electrons. The van der Waals surface area contributed by atoms with E-state index < -0.39 is 5.97 Å². The molecule has 2 rings (SSSR count). The van der Waals surface area contributed by atoms with E-state index in [-0.39, 0.29) is 17.3 Å². The predicted molar refractivity (Wildman–Crippen MR) is 47.0 cm³/mol. The van der Waals surface area contributed by atoms with Crippen LogP contribution >= 0.6 is 0 Å². The van der Waals surface area contributed by atoms with Crippen LogP contribution in [0, 0.1) is 17.3 Å². The minimum atomic E-state index is -0.723. The first-order valence-electron chi connectivity index (χ1n) is 4.79. The Labute approximate surface area is 82.5 Å². The fraction of sp³-hybridized carbons (Fsp3) is 0.889. The molecule has 0 aromatic rings. The molecular formula is C9H15NO4. The standard InChI is InChI=1S/C9H15NO4/c1-9(2)6(7(9)8(11)12)5-10-13-3-4-14-10/h6-7H,3-5H2,1-2H3,(H,11,12). The summed E-state index contributed by atoms with van der Waals surface area (Å²) in [6.45, 7) is 5.60. The average molecular weight is 201 g/mol. The van der Waals surface area contributed by atoms with Crippen LogP contribution in [-0.4, -0.2) is 36.1 Å². The molecule has 0 aromatic heterocycles. The maximum Gasteiger partial charge on any atom is 0.307 e. The third-order valence-electron chi connectivity index (χ3n) is 3.22. The highest BCUT2D eigenvalue weighted by molar-refractivity contribution is 5.75. The highest BCUT2D eigenvalue weighted by atomic mass is 17.0. The summed E-state index contributed by atoms with van der Waals surface area (Å²) >= 11 is 0. The molecule has 2 unspecified atom stereocenters. The Balaban J connectivity index is 1.90. The smallest absolute Gasteiger partial charge is 0.307 e. The van der Waals surface area contributed by atoms with Gasteiger partial charge in [-0.15, -0.1) is 0 Å². The molecule has 1 aliphatic carbocycles. The van der Waals surface area contributed by atoms with E-state index in [2.05, 4.69) is 0 Å². The molecule has 1 saturated carbocycles. The highest BCUT2D eigenvalue weighted by Gasteiger charge is 2.62. The van der Waals surface area contributed by atoms with Crippen molar-refractivity contribution in [3.63, 3.8) is 0 Å². The van der Waals surface area contributed by atoms with Crippen molar-refractivity contribution in [2.75, 3.05) is 19.8 Å². The van der Waals surface area contributed by atoms with Gasteiger partial charge < -0.3 is 5.11 Å². The van der Waals surface area contributed by atoms with Gasteiger partial charge in [0.2, 0.25) is 0 Å². The maximum atomic E-state index is 10.9. The van der Waals surface area contributed by atoms with Crippen LogP contribution in [0.2, 0.25) is 0 Å². The zero-order valence-electron chi connectivity index (χ0n) is 8.40. The van der Waals surface area contributed by atoms with Crippen LogP contribution in [0.5, 0.6) is 0 Å². The molecule has 1 aliphatic heterocycles. The van der Waals surface area contributed by atoms with Gasteiger partial charge in [0.05, 0.1) is 25.7 Å². The molecule has 0 amide bonds. The molecule has 0 aromatic carbocycles. The number of hydrogen-bond donors (Lipinski definition) is 1. The van der Waals surface area contributed by atoms with Crippen molar-refractivity contribution in [2.45, 2.75) is 13.8 Å². The first-order valence-corrected chi connectivity index (χ1v) is 4.79. The maximum absolute atomic E-state index is 10.9. The molecule has 1 N–H and O–H groups in total. The SMILES string of the molecule is CC1(C)C(CN2OCCO2)C1C(=O)O. The summed E-state index contributed by atoms with van der Waals surface area (Å²) < 4.78 is 0. The fourth-order valence-electron chi connectivity index (χ4n) is 2.16. The van der Waals surface area contributed by atoms with Crippen molar-refractivity contribution >= 4 is 5.97 Å². The Morgan fingerprint density at radius 2 is 2.07 bits per heavy atom. The van der Waals surface area contributed by atoms with Crippen molar-refractivity contribution in [3.05, 3.63) is 0 Å². The lowest BCUT2D eigenvalue weighted by molar-refractivity contribution is -0.301. The van der Waals surface area contributed by atoms with E-state index in [0.717, 1.165) is 0 Å². The van der Waals surface area contributed by atoms with Gasteiger partial charge >= 0.3 is 5.97 Å². The molecule has 2 fully saturated rings. The van der Waals surface area contributed by atoms with Gasteiger partial charge in [0.15, 0.2) is 0 Å². The number of hydrogen-bond acceptors (Lipinski definition) is 4. The minimum absolute atomic E-state index is 0.123. The van der Waals surface area contributed by atoms with Gasteiger partial charge in [-0.05, 0) is 11.3 Å². The molecule has 5 nitrogen and oxygen atoms in total. The lowest BCUT2D eigenvalue weighted by Crippen LogP contribution is -2.21. The molecule has 2 atom stereocenters. The van der Waals surface area contributed by atoms with Crippen LogP contribution in [0.25, 0.3) is 0 Å². The zero-order valence-corrected chi connectivity index (χ0v) is 8.40. The first kappa shape index (κ1) is 9.89. The Kier molecular flexibility index (Phi) is 2.25. The first-order chi connectivity index (χ1) is 6.53. The van der Waals surface area contributed by atoms with E-state index in [1.807, 2.05) is 13.8 Å². The number of carboxylic acids is 1. The van der Waals surface area contributed by atoms with E-state index >= 15 is 0 Å². The molecular weight excluding hydrogens is 186 g/mol. The summed E-state index contributed by atoms with van der Waals surface area (Å²) in [5.74, 6) is -0.868. The monoisotopic (exact) mass is 201 g/mol. The van der Waals surface area contributed by atoms with Crippen molar-refractivity contribution in [1.82, 2.24) is 5.23 Å². The Hall–Kier alpha value is -0.650. The molecule has 0 spiro atoms. The summed E-state index contributed by atoms with van der Waals surface area (Å²) in [5, 5.41) is 10.3. The highest BCUT2D eigenvalue weighted by Crippen LogP contribution is 2.58. The summed E-state index contributed by atoms with van der Waals surface area (Å²) in [7, 11) is 0. The van der Waals surface area contributed by atoms with Crippen LogP contribution in [-0.2, 0) is 14.5 Å². The molecule has 1 heterocycles. The molecule has 2 aliphatic rings. The van der Waals surface area contributed by atoms with Crippen molar-refractivity contribution in [3.8, 4) is 0 Å². The number of carbonyl (C=O) groups is 1. The van der Waals surface area contributed by atoms with Gasteiger partial charge in [-0.25, -0.2) is 0 Å². The largest absolute Gasteiger partial charge is 0.481 e. The average Bonchev–Trinajstić information content (AvgIpc) is 2.50.